The van der Waals surface area contributed by atoms with E-state index in [4.69, 9.17) is 11.6 Å². The van der Waals surface area contributed by atoms with E-state index in [9.17, 15) is 0 Å². The molecule has 6 heteroatoms. The number of nitrogens with one attached hydrogen (secondary N) is 1. The first kappa shape index (κ1) is 13.5. The molecule has 0 fully saturated rings. The van der Waals surface area contributed by atoms with Gasteiger partial charge in [-0.15, -0.1) is 5.10 Å². The molecule has 0 saturated carbocycles. The van der Waals surface area contributed by atoms with Gasteiger partial charge in [-0.1, -0.05) is 28.9 Å². The van der Waals surface area contributed by atoms with Crippen molar-refractivity contribution in [1.29, 1.82) is 0 Å². The van der Waals surface area contributed by atoms with Gasteiger partial charge >= 0.3 is 0 Å². The number of aromatic nitrogens is 3. The van der Waals surface area contributed by atoms with Gasteiger partial charge in [0.05, 0.1) is 0 Å². The molecule has 1 unspecified atom stereocenters. The molecule has 1 atom stereocenters. The molecule has 0 bridgehead atoms. The average molecular weight is 330 g/mol. The van der Waals surface area contributed by atoms with Crippen LogP contribution in [0.4, 0.5) is 0 Å². The molecule has 0 aliphatic heterocycles. The number of benzene rings is 1. The van der Waals surface area contributed by atoms with Gasteiger partial charge in [-0.3, -0.25) is 0 Å². The molecule has 1 aromatic heterocycles. The quantitative estimate of drug-likeness (QED) is 0.940. The van der Waals surface area contributed by atoms with Crippen LogP contribution >= 0.6 is 27.5 Å². The lowest BCUT2D eigenvalue weighted by atomic mass is 10.0. The topological polar surface area (TPSA) is 42.7 Å². The molecule has 0 aliphatic carbocycles. The Kier molecular flexibility index (Phi) is 4.04. The van der Waals surface area contributed by atoms with Crippen molar-refractivity contribution in [1.82, 2.24) is 20.3 Å². The largest absolute Gasteiger partial charge is 0.313 e. The Morgan fingerprint density at radius 3 is 2.67 bits per heavy atom. The van der Waals surface area contributed by atoms with E-state index in [0.717, 1.165) is 26.4 Å². The molecule has 0 spiro atoms. The van der Waals surface area contributed by atoms with Crippen molar-refractivity contribution < 1.29 is 0 Å². The van der Waals surface area contributed by atoms with Crippen molar-refractivity contribution in [3.8, 4) is 11.3 Å². The second-order valence-electron chi connectivity index (χ2n) is 4.10. The first-order chi connectivity index (χ1) is 8.54. The van der Waals surface area contributed by atoms with Crippen LogP contribution in [0, 0.1) is 0 Å². The summed E-state index contributed by atoms with van der Waals surface area (Å²) in [6, 6.07) is 6.21. The minimum atomic E-state index is 0.222. The summed E-state index contributed by atoms with van der Waals surface area (Å²) in [7, 11) is 3.77. The van der Waals surface area contributed by atoms with Gasteiger partial charge < -0.3 is 5.32 Å². The van der Waals surface area contributed by atoms with Gasteiger partial charge in [0.2, 0.25) is 0 Å². The van der Waals surface area contributed by atoms with Gasteiger partial charge in [0.15, 0.2) is 4.60 Å². The highest BCUT2D eigenvalue weighted by Gasteiger charge is 2.14. The van der Waals surface area contributed by atoms with Gasteiger partial charge in [-0.05, 0) is 41.5 Å². The third kappa shape index (κ3) is 2.43. The predicted molar refractivity (Wildman–Crippen MR) is 76.6 cm³/mol. The summed E-state index contributed by atoms with van der Waals surface area (Å²) in [6.07, 6.45) is 0. The zero-order valence-corrected chi connectivity index (χ0v) is 12.7. The highest BCUT2D eigenvalue weighted by Crippen LogP contribution is 2.31. The van der Waals surface area contributed by atoms with Crippen molar-refractivity contribution >= 4 is 27.5 Å². The number of aryl methyl sites for hydroxylation is 1. The normalized spacial score (nSPS) is 12.7. The number of rotatable bonds is 3. The lowest BCUT2D eigenvalue weighted by Crippen LogP contribution is -2.12. The van der Waals surface area contributed by atoms with E-state index in [1.165, 1.54) is 0 Å². The van der Waals surface area contributed by atoms with Crippen molar-refractivity contribution in [2.75, 3.05) is 7.05 Å². The van der Waals surface area contributed by atoms with E-state index in [0.29, 0.717) is 0 Å². The molecule has 0 aliphatic rings. The van der Waals surface area contributed by atoms with Crippen LogP contribution in [0.1, 0.15) is 18.5 Å². The van der Waals surface area contributed by atoms with Crippen LogP contribution in [0.3, 0.4) is 0 Å². The molecule has 2 rings (SSSR count). The van der Waals surface area contributed by atoms with E-state index in [2.05, 4.69) is 38.5 Å². The molecular weight excluding hydrogens is 316 g/mol. The van der Waals surface area contributed by atoms with E-state index in [-0.39, 0.29) is 6.04 Å². The third-order valence-electron chi connectivity index (χ3n) is 2.96. The maximum absolute atomic E-state index is 6.32. The van der Waals surface area contributed by atoms with Crippen molar-refractivity contribution in [3.05, 3.63) is 33.4 Å². The molecule has 1 N–H and O–H groups in total. The molecule has 1 heterocycles. The minimum Gasteiger partial charge on any atom is -0.313 e. The Morgan fingerprint density at radius 2 is 2.17 bits per heavy atom. The van der Waals surface area contributed by atoms with Crippen molar-refractivity contribution in [2.24, 2.45) is 7.05 Å². The summed E-state index contributed by atoms with van der Waals surface area (Å²) in [5.41, 5.74) is 2.99. The standard InChI is InChI=1S/C12H14BrClN4/c1-7(15-2)9-5-4-8(6-10(9)14)11-12(13)16-17-18(11)3/h4-7,15H,1-3H3. The molecule has 0 saturated heterocycles. The molecule has 18 heavy (non-hydrogen) atoms. The van der Waals surface area contributed by atoms with Crippen LogP contribution in [-0.2, 0) is 7.05 Å². The van der Waals surface area contributed by atoms with Crippen LogP contribution in [0.15, 0.2) is 22.8 Å². The molecule has 0 amide bonds. The SMILES string of the molecule is CNC(C)c1ccc(-c2c(Br)nnn2C)cc1Cl. The highest BCUT2D eigenvalue weighted by atomic mass is 79.9. The summed E-state index contributed by atoms with van der Waals surface area (Å²) in [5, 5.41) is 11.8. The van der Waals surface area contributed by atoms with Crippen molar-refractivity contribution in [2.45, 2.75) is 13.0 Å². The van der Waals surface area contributed by atoms with Gasteiger partial charge in [0, 0.05) is 23.7 Å². The average Bonchev–Trinajstić information content (AvgIpc) is 2.68. The summed E-state index contributed by atoms with van der Waals surface area (Å²) >= 11 is 9.71. The maximum Gasteiger partial charge on any atom is 0.156 e. The van der Waals surface area contributed by atoms with Gasteiger partial charge in [-0.2, -0.15) is 0 Å². The van der Waals surface area contributed by atoms with Gasteiger partial charge in [0.1, 0.15) is 5.69 Å². The highest BCUT2D eigenvalue weighted by molar-refractivity contribution is 9.10. The van der Waals surface area contributed by atoms with Crippen LogP contribution in [0.25, 0.3) is 11.3 Å². The zero-order valence-electron chi connectivity index (χ0n) is 10.4. The van der Waals surface area contributed by atoms with Gasteiger partial charge in [-0.25, -0.2) is 4.68 Å². The first-order valence-electron chi connectivity index (χ1n) is 5.57. The summed E-state index contributed by atoms with van der Waals surface area (Å²) in [6.45, 7) is 2.07. The second-order valence-corrected chi connectivity index (χ2v) is 5.26. The van der Waals surface area contributed by atoms with Gasteiger partial charge in [0.25, 0.3) is 0 Å². The minimum absolute atomic E-state index is 0.222. The lowest BCUT2D eigenvalue weighted by Gasteiger charge is -2.13. The summed E-state index contributed by atoms with van der Waals surface area (Å²) in [4.78, 5) is 0. The molecule has 4 nitrogen and oxygen atoms in total. The van der Waals surface area contributed by atoms with E-state index < -0.39 is 0 Å². The lowest BCUT2D eigenvalue weighted by molar-refractivity contribution is 0.652. The van der Waals surface area contributed by atoms with Crippen LogP contribution < -0.4 is 5.32 Å². The smallest absolute Gasteiger partial charge is 0.156 e. The summed E-state index contributed by atoms with van der Waals surface area (Å²) < 4.78 is 2.44. The van der Waals surface area contributed by atoms with Crippen LogP contribution in [0.5, 0.6) is 0 Å². The fraction of sp³-hybridized carbons (Fsp3) is 0.333. The molecule has 1 aromatic carbocycles. The number of nitrogens with zero attached hydrogens (tertiary/aromatic N) is 3. The number of hydrogen-bond donors (Lipinski definition) is 1. The van der Waals surface area contributed by atoms with Crippen LogP contribution in [-0.4, -0.2) is 22.0 Å². The third-order valence-corrected chi connectivity index (χ3v) is 3.82. The Morgan fingerprint density at radius 1 is 1.44 bits per heavy atom. The Labute approximate surface area is 119 Å². The molecule has 0 radical (unpaired) electrons. The Bertz CT molecular complexity index is 548. The van der Waals surface area contributed by atoms with E-state index in [1.54, 1.807) is 4.68 Å². The molecule has 2 aromatic rings. The van der Waals surface area contributed by atoms with E-state index >= 15 is 0 Å². The fourth-order valence-electron chi connectivity index (χ4n) is 1.82. The van der Waals surface area contributed by atoms with Crippen molar-refractivity contribution in [3.63, 3.8) is 0 Å². The first-order valence-corrected chi connectivity index (χ1v) is 6.74. The monoisotopic (exact) mass is 328 g/mol. The van der Waals surface area contributed by atoms with Crippen LogP contribution in [0.2, 0.25) is 5.02 Å². The summed E-state index contributed by atoms with van der Waals surface area (Å²) in [5.74, 6) is 0. The zero-order chi connectivity index (χ0) is 13.3. The maximum atomic E-state index is 6.32. The number of hydrogen-bond acceptors (Lipinski definition) is 3. The fourth-order valence-corrected chi connectivity index (χ4v) is 2.72. The predicted octanol–water partition coefficient (Wildman–Crippen LogP) is 3.18. The van der Waals surface area contributed by atoms with E-state index in [1.807, 2.05) is 32.3 Å². The Hall–Kier alpha value is -0.910. The molecule has 96 valence electrons. The Balaban J connectivity index is 2.47. The number of halogens is 2. The molecular formula is C12H14BrClN4. The second kappa shape index (κ2) is 5.38.